The number of benzene rings is 3. The summed E-state index contributed by atoms with van der Waals surface area (Å²) in [6.45, 7) is 0. The summed E-state index contributed by atoms with van der Waals surface area (Å²) >= 11 is 0. The Morgan fingerprint density at radius 2 is 1.55 bits per heavy atom. The summed E-state index contributed by atoms with van der Waals surface area (Å²) in [5.41, 5.74) is 1.09. The van der Waals surface area contributed by atoms with Crippen molar-refractivity contribution in [1.29, 1.82) is 0 Å². The lowest BCUT2D eigenvalue weighted by Crippen LogP contribution is -2.21. The van der Waals surface area contributed by atoms with E-state index in [9.17, 15) is 14.4 Å². The zero-order valence-corrected chi connectivity index (χ0v) is 16.7. The Hall–Kier alpha value is -4.19. The van der Waals surface area contributed by atoms with Crippen LogP contribution >= 0.6 is 0 Å². The molecule has 1 atom stereocenters. The molecule has 1 unspecified atom stereocenters. The van der Waals surface area contributed by atoms with E-state index in [1.54, 1.807) is 72.8 Å². The van der Waals surface area contributed by atoms with Crippen LogP contribution in [-0.4, -0.2) is 23.8 Å². The standard InChI is InChI=1S/C25H19NO5/c1-30-18-13-11-16(12-14-18)23(28)24(17-7-3-2-4-8-17)31-25(29)20-15-22(27)26-21-10-6-5-9-19(20)21/h2-15,24H,1H3,(H,26,27). The highest BCUT2D eigenvalue weighted by molar-refractivity contribution is 6.06. The summed E-state index contributed by atoms with van der Waals surface area (Å²) in [6, 6.07) is 23.5. The monoisotopic (exact) mass is 413 g/mol. The van der Waals surface area contributed by atoms with Crippen molar-refractivity contribution in [3.05, 3.63) is 112 Å². The van der Waals surface area contributed by atoms with E-state index in [4.69, 9.17) is 9.47 Å². The molecule has 31 heavy (non-hydrogen) atoms. The lowest BCUT2D eigenvalue weighted by atomic mass is 9.99. The Morgan fingerprint density at radius 1 is 0.871 bits per heavy atom. The Bertz CT molecular complexity index is 1290. The van der Waals surface area contributed by atoms with Gasteiger partial charge in [-0.3, -0.25) is 9.59 Å². The molecule has 0 spiro atoms. The number of nitrogens with one attached hydrogen (secondary N) is 1. The lowest BCUT2D eigenvalue weighted by Gasteiger charge is -2.18. The van der Waals surface area contributed by atoms with E-state index < -0.39 is 17.6 Å². The van der Waals surface area contributed by atoms with Gasteiger partial charge >= 0.3 is 5.97 Å². The smallest absolute Gasteiger partial charge is 0.340 e. The average molecular weight is 413 g/mol. The Balaban J connectivity index is 1.72. The number of hydrogen-bond acceptors (Lipinski definition) is 5. The van der Waals surface area contributed by atoms with Gasteiger partial charge in [0.15, 0.2) is 6.10 Å². The molecule has 6 nitrogen and oxygen atoms in total. The van der Waals surface area contributed by atoms with Crippen molar-refractivity contribution < 1.29 is 19.1 Å². The predicted octanol–water partition coefficient (Wildman–Crippen LogP) is 4.32. The number of ether oxygens (including phenoxy) is 2. The molecule has 0 radical (unpaired) electrons. The van der Waals surface area contributed by atoms with E-state index in [1.165, 1.54) is 13.2 Å². The van der Waals surface area contributed by atoms with Gasteiger partial charge in [0.1, 0.15) is 5.75 Å². The van der Waals surface area contributed by atoms with Crippen LogP contribution in [0, 0.1) is 0 Å². The van der Waals surface area contributed by atoms with Crippen LogP contribution in [0.25, 0.3) is 10.9 Å². The maximum atomic E-state index is 13.3. The van der Waals surface area contributed by atoms with Crippen LogP contribution in [0.1, 0.15) is 32.4 Å². The van der Waals surface area contributed by atoms with Crippen LogP contribution in [-0.2, 0) is 4.74 Å². The summed E-state index contributed by atoms with van der Waals surface area (Å²) in [4.78, 5) is 41.1. The van der Waals surface area contributed by atoms with Gasteiger partial charge < -0.3 is 14.5 Å². The number of pyridine rings is 1. The van der Waals surface area contributed by atoms with Crippen LogP contribution in [0.4, 0.5) is 0 Å². The van der Waals surface area contributed by atoms with E-state index in [2.05, 4.69) is 4.98 Å². The molecule has 0 bridgehead atoms. The number of aromatic nitrogens is 1. The number of para-hydroxylation sites is 1. The highest BCUT2D eigenvalue weighted by atomic mass is 16.5. The first-order valence-electron chi connectivity index (χ1n) is 9.63. The van der Waals surface area contributed by atoms with E-state index >= 15 is 0 Å². The third-order valence-electron chi connectivity index (χ3n) is 4.91. The highest BCUT2D eigenvalue weighted by Crippen LogP contribution is 2.26. The van der Waals surface area contributed by atoms with Gasteiger partial charge in [-0.05, 0) is 30.3 Å². The normalized spacial score (nSPS) is 11.6. The minimum atomic E-state index is -1.17. The van der Waals surface area contributed by atoms with Crippen LogP contribution in [0.2, 0.25) is 0 Å². The van der Waals surface area contributed by atoms with Gasteiger partial charge in [0, 0.05) is 28.1 Å². The second kappa shape index (κ2) is 8.67. The number of methoxy groups -OCH3 is 1. The third-order valence-corrected chi connectivity index (χ3v) is 4.91. The Kier molecular flexibility index (Phi) is 5.62. The second-order valence-electron chi connectivity index (χ2n) is 6.88. The summed E-state index contributed by atoms with van der Waals surface area (Å²) < 4.78 is 10.8. The third kappa shape index (κ3) is 4.23. The molecule has 1 heterocycles. The molecule has 4 aromatic rings. The molecule has 6 heteroatoms. The molecule has 1 N–H and O–H groups in total. The van der Waals surface area contributed by atoms with Crippen LogP contribution in [0.15, 0.2) is 89.7 Å². The van der Waals surface area contributed by atoms with Gasteiger partial charge in [0.25, 0.3) is 0 Å². The van der Waals surface area contributed by atoms with Gasteiger partial charge in [-0.15, -0.1) is 0 Å². The molecule has 154 valence electrons. The van der Waals surface area contributed by atoms with E-state index in [0.717, 1.165) is 0 Å². The number of esters is 1. The molecule has 0 amide bonds. The maximum Gasteiger partial charge on any atom is 0.340 e. The van der Waals surface area contributed by atoms with Crippen molar-refractivity contribution in [2.75, 3.05) is 7.11 Å². The molecule has 0 saturated heterocycles. The molecule has 0 aliphatic heterocycles. The van der Waals surface area contributed by atoms with Crippen LogP contribution in [0.3, 0.4) is 0 Å². The van der Waals surface area contributed by atoms with Crippen molar-refractivity contribution >= 4 is 22.7 Å². The summed E-state index contributed by atoms with van der Waals surface area (Å²) in [5.74, 6) is -0.519. The first-order chi connectivity index (χ1) is 15.1. The van der Waals surface area contributed by atoms with Crippen molar-refractivity contribution in [2.24, 2.45) is 0 Å². The fraction of sp³-hybridized carbons (Fsp3) is 0.0800. The SMILES string of the molecule is COc1ccc(C(=O)C(OC(=O)c2cc(=O)[nH]c3ccccc23)c2ccccc2)cc1. The van der Waals surface area contributed by atoms with Crippen molar-refractivity contribution in [3.63, 3.8) is 0 Å². The first-order valence-corrected chi connectivity index (χ1v) is 9.63. The summed E-state index contributed by atoms with van der Waals surface area (Å²) in [5, 5.41) is 0.538. The maximum absolute atomic E-state index is 13.3. The molecular weight excluding hydrogens is 394 g/mol. The minimum Gasteiger partial charge on any atom is -0.497 e. The molecule has 0 saturated carbocycles. The number of hydrogen-bond donors (Lipinski definition) is 1. The molecule has 0 aliphatic carbocycles. The van der Waals surface area contributed by atoms with Crippen LogP contribution < -0.4 is 10.3 Å². The number of Topliss-reactive ketones (excluding diaryl/α,β-unsaturated/α-hetero) is 1. The molecule has 3 aromatic carbocycles. The fourth-order valence-electron chi connectivity index (χ4n) is 3.35. The van der Waals surface area contributed by atoms with Gasteiger partial charge in [-0.1, -0.05) is 48.5 Å². The quantitative estimate of drug-likeness (QED) is 0.376. The topological polar surface area (TPSA) is 85.5 Å². The van der Waals surface area contributed by atoms with E-state index in [0.29, 0.717) is 27.8 Å². The number of aromatic amines is 1. The van der Waals surface area contributed by atoms with Gasteiger partial charge in [-0.2, -0.15) is 0 Å². The van der Waals surface area contributed by atoms with Gasteiger partial charge in [0.05, 0.1) is 12.7 Å². The first kappa shape index (κ1) is 20.1. The van der Waals surface area contributed by atoms with Crippen LogP contribution in [0.5, 0.6) is 5.75 Å². The molecule has 1 aromatic heterocycles. The Morgan fingerprint density at radius 3 is 2.26 bits per heavy atom. The zero-order chi connectivity index (χ0) is 21.8. The van der Waals surface area contributed by atoms with E-state index in [1.807, 2.05) is 6.07 Å². The minimum absolute atomic E-state index is 0.0998. The number of rotatable bonds is 6. The lowest BCUT2D eigenvalue weighted by molar-refractivity contribution is 0.0281. The van der Waals surface area contributed by atoms with Crippen molar-refractivity contribution in [3.8, 4) is 5.75 Å². The van der Waals surface area contributed by atoms with Crippen molar-refractivity contribution in [2.45, 2.75) is 6.10 Å². The largest absolute Gasteiger partial charge is 0.497 e. The molecule has 4 rings (SSSR count). The molecule has 0 aliphatic rings. The number of carbonyl (C=O) groups excluding carboxylic acids is 2. The average Bonchev–Trinajstić information content (AvgIpc) is 2.82. The number of fused-ring (bicyclic) bond motifs is 1. The summed E-state index contributed by atoms with van der Waals surface area (Å²) in [6.07, 6.45) is -1.17. The van der Waals surface area contributed by atoms with E-state index in [-0.39, 0.29) is 11.3 Å². The number of carbonyl (C=O) groups is 2. The van der Waals surface area contributed by atoms with Gasteiger partial charge in [0.2, 0.25) is 11.3 Å². The van der Waals surface area contributed by atoms with Gasteiger partial charge in [-0.25, -0.2) is 4.79 Å². The second-order valence-corrected chi connectivity index (χ2v) is 6.88. The zero-order valence-electron chi connectivity index (χ0n) is 16.7. The Labute approximate surface area is 178 Å². The summed E-state index contributed by atoms with van der Waals surface area (Å²) in [7, 11) is 1.54. The number of H-pyrrole nitrogens is 1. The van der Waals surface area contributed by atoms with Crippen molar-refractivity contribution in [1.82, 2.24) is 4.98 Å². The predicted molar refractivity (Wildman–Crippen MR) is 116 cm³/mol. The molecular formula is C25H19NO5. The fourth-order valence-corrected chi connectivity index (χ4v) is 3.35. The highest BCUT2D eigenvalue weighted by Gasteiger charge is 2.27. The number of ketones is 1. The molecule has 0 fully saturated rings.